The van der Waals surface area contributed by atoms with Crippen molar-refractivity contribution in [3.8, 4) is 5.82 Å². The van der Waals surface area contributed by atoms with E-state index in [-0.39, 0.29) is 0 Å². The number of rotatable bonds is 4. The van der Waals surface area contributed by atoms with Crippen LogP contribution in [-0.4, -0.2) is 25.8 Å². The van der Waals surface area contributed by atoms with Crippen molar-refractivity contribution in [3.05, 3.63) is 35.0 Å². The van der Waals surface area contributed by atoms with E-state index in [2.05, 4.69) is 50.2 Å². The van der Waals surface area contributed by atoms with E-state index in [9.17, 15) is 0 Å². The molecule has 0 spiro atoms. The molecule has 0 saturated heterocycles. The van der Waals surface area contributed by atoms with Crippen LogP contribution in [0, 0.1) is 0 Å². The van der Waals surface area contributed by atoms with Crippen LogP contribution < -0.4 is 5.32 Å². The van der Waals surface area contributed by atoms with Gasteiger partial charge >= 0.3 is 0 Å². The van der Waals surface area contributed by atoms with Crippen molar-refractivity contribution in [2.45, 2.75) is 26.4 Å². The van der Waals surface area contributed by atoms with Crippen molar-refractivity contribution in [2.75, 3.05) is 0 Å². The SMILES string of the molecule is CC(C)NCc1cc(Br)cnc1-n1cncn1. The predicted octanol–water partition coefficient (Wildman–Crippen LogP) is 1.92. The van der Waals surface area contributed by atoms with E-state index in [0.29, 0.717) is 6.04 Å². The maximum absolute atomic E-state index is 4.37. The smallest absolute Gasteiger partial charge is 0.159 e. The van der Waals surface area contributed by atoms with E-state index in [4.69, 9.17) is 0 Å². The summed E-state index contributed by atoms with van der Waals surface area (Å²) in [7, 11) is 0. The molecule has 2 aromatic heterocycles. The Kier molecular flexibility index (Phi) is 3.86. The lowest BCUT2D eigenvalue weighted by Crippen LogP contribution is -2.23. The van der Waals surface area contributed by atoms with Crippen LogP contribution in [0.5, 0.6) is 0 Å². The second-order valence-corrected chi connectivity index (χ2v) is 4.93. The maximum atomic E-state index is 4.37. The first-order valence-corrected chi connectivity index (χ1v) is 6.19. The summed E-state index contributed by atoms with van der Waals surface area (Å²) in [5.41, 5.74) is 1.08. The fraction of sp³-hybridized carbons (Fsp3) is 0.364. The molecule has 0 fully saturated rings. The van der Waals surface area contributed by atoms with E-state index < -0.39 is 0 Å². The molecular formula is C11H14BrN5. The molecule has 0 atom stereocenters. The Morgan fingerprint density at radius 1 is 1.47 bits per heavy atom. The van der Waals surface area contributed by atoms with Crippen molar-refractivity contribution in [3.63, 3.8) is 0 Å². The molecule has 1 N–H and O–H groups in total. The number of halogens is 1. The van der Waals surface area contributed by atoms with Crippen LogP contribution in [0.4, 0.5) is 0 Å². The Balaban J connectivity index is 2.31. The van der Waals surface area contributed by atoms with Gasteiger partial charge in [-0.1, -0.05) is 13.8 Å². The zero-order chi connectivity index (χ0) is 12.3. The number of hydrogen-bond acceptors (Lipinski definition) is 4. The molecule has 2 aromatic rings. The molecule has 0 saturated carbocycles. The summed E-state index contributed by atoms with van der Waals surface area (Å²) in [4.78, 5) is 8.31. The molecule has 90 valence electrons. The topological polar surface area (TPSA) is 55.6 Å². The van der Waals surface area contributed by atoms with E-state index in [1.54, 1.807) is 17.2 Å². The van der Waals surface area contributed by atoms with Crippen molar-refractivity contribution in [2.24, 2.45) is 0 Å². The minimum absolute atomic E-state index is 0.428. The van der Waals surface area contributed by atoms with Gasteiger partial charge in [-0.2, -0.15) is 5.10 Å². The maximum Gasteiger partial charge on any atom is 0.159 e. The van der Waals surface area contributed by atoms with Gasteiger partial charge in [0.2, 0.25) is 0 Å². The van der Waals surface area contributed by atoms with E-state index in [1.807, 2.05) is 6.07 Å². The molecule has 2 rings (SSSR count). The second-order valence-electron chi connectivity index (χ2n) is 4.01. The molecule has 2 heterocycles. The first kappa shape index (κ1) is 12.2. The van der Waals surface area contributed by atoms with Gasteiger partial charge in [-0.3, -0.25) is 0 Å². The van der Waals surface area contributed by atoms with Crippen LogP contribution in [0.2, 0.25) is 0 Å². The first-order valence-electron chi connectivity index (χ1n) is 5.39. The number of nitrogens with zero attached hydrogens (tertiary/aromatic N) is 4. The van der Waals surface area contributed by atoms with Gasteiger partial charge in [-0.15, -0.1) is 0 Å². The summed E-state index contributed by atoms with van der Waals surface area (Å²) in [6, 6.07) is 2.47. The lowest BCUT2D eigenvalue weighted by Gasteiger charge is -2.11. The Bertz CT molecular complexity index is 481. The first-order chi connectivity index (χ1) is 8.16. The van der Waals surface area contributed by atoms with Crippen LogP contribution >= 0.6 is 15.9 Å². The van der Waals surface area contributed by atoms with Gasteiger partial charge in [0.1, 0.15) is 12.7 Å². The van der Waals surface area contributed by atoms with Crippen molar-refractivity contribution < 1.29 is 0 Å². The highest BCUT2D eigenvalue weighted by Crippen LogP contribution is 2.16. The summed E-state index contributed by atoms with van der Waals surface area (Å²) in [5.74, 6) is 0.804. The number of hydrogen-bond donors (Lipinski definition) is 1. The zero-order valence-electron chi connectivity index (χ0n) is 9.76. The second kappa shape index (κ2) is 5.37. The van der Waals surface area contributed by atoms with Crippen molar-refractivity contribution >= 4 is 15.9 Å². The van der Waals surface area contributed by atoms with Crippen molar-refractivity contribution in [1.29, 1.82) is 0 Å². The molecule has 0 amide bonds. The van der Waals surface area contributed by atoms with E-state index >= 15 is 0 Å². The third-order valence-corrected chi connectivity index (χ3v) is 2.68. The standard InChI is InChI=1S/C11H14BrN5/c1-8(2)14-4-9-3-10(12)5-15-11(9)17-7-13-6-16-17/h3,5-8,14H,4H2,1-2H3. The minimum atomic E-state index is 0.428. The van der Waals surface area contributed by atoms with Gasteiger partial charge in [0, 0.05) is 28.8 Å². The molecule has 0 unspecified atom stereocenters. The molecule has 17 heavy (non-hydrogen) atoms. The normalized spacial score (nSPS) is 11.1. The van der Waals surface area contributed by atoms with Crippen LogP contribution in [0.15, 0.2) is 29.4 Å². The highest BCUT2D eigenvalue weighted by Gasteiger charge is 2.08. The summed E-state index contributed by atoms with van der Waals surface area (Å²) in [6.07, 6.45) is 4.91. The lowest BCUT2D eigenvalue weighted by atomic mass is 10.2. The van der Waals surface area contributed by atoms with E-state index in [0.717, 1.165) is 22.4 Å². The molecule has 0 aromatic carbocycles. The highest BCUT2D eigenvalue weighted by molar-refractivity contribution is 9.10. The third kappa shape index (κ3) is 3.10. The van der Waals surface area contributed by atoms with Crippen LogP contribution in [0.3, 0.4) is 0 Å². The van der Waals surface area contributed by atoms with Gasteiger partial charge in [0.25, 0.3) is 0 Å². The van der Waals surface area contributed by atoms with E-state index in [1.165, 1.54) is 6.33 Å². The van der Waals surface area contributed by atoms with Gasteiger partial charge in [-0.05, 0) is 22.0 Å². The molecular weight excluding hydrogens is 282 g/mol. The van der Waals surface area contributed by atoms with Crippen LogP contribution in [0.1, 0.15) is 19.4 Å². The predicted molar refractivity (Wildman–Crippen MR) is 68.8 cm³/mol. The molecule has 6 heteroatoms. The number of aromatic nitrogens is 4. The largest absolute Gasteiger partial charge is 0.310 e. The molecule has 0 aliphatic heterocycles. The number of pyridine rings is 1. The molecule has 0 radical (unpaired) electrons. The average molecular weight is 296 g/mol. The Labute approximate surface area is 108 Å². The van der Waals surface area contributed by atoms with Gasteiger partial charge in [-0.25, -0.2) is 14.6 Å². The molecule has 0 aliphatic carbocycles. The molecule has 5 nitrogen and oxygen atoms in total. The van der Waals surface area contributed by atoms with Gasteiger partial charge in [0.15, 0.2) is 5.82 Å². The fourth-order valence-corrected chi connectivity index (χ4v) is 1.82. The monoisotopic (exact) mass is 295 g/mol. The Hall–Kier alpha value is -1.27. The average Bonchev–Trinajstić information content (AvgIpc) is 2.80. The fourth-order valence-electron chi connectivity index (χ4n) is 1.44. The Morgan fingerprint density at radius 2 is 2.29 bits per heavy atom. The van der Waals surface area contributed by atoms with Crippen LogP contribution in [0.25, 0.3) is 5.82 Å². The van der Waals surface area contributed by atoms with Gasteiger partial charge in [0.05, 0.1) is 0 Å². The zero-order valence-corrected chi connectivity index (χ0v) is 11.3. The quantitative estimate of drug-likeness (QED) is 0.936. The summed E-state index contributed by atoms with van der Waals surface area (Å²) in [5, 5.41) is 7.47. The van der Waals surface area contributed by atoms with Crippen LogP contribution in [-0.2, 0) is 6.54 Å². The minimum Gasteiger partial charge on any atom is -0.310 e. The van der Waals surface area contributed by atoms with Crippen molar-refractivity contribution in [1.82, 2.24) is 25.1 Å². The molecule has 0 bridgehead atoms. The summed E-state index contributed by atoms with van der Waals surface area (Å²) < 4.78 is 2.63. The highest BCUT2D eigenvalue weighted by atomic mass is 79.9. The summed E-state index contributed by atoms with van der Waals surface area (Å²) >= 11 is 3.43. The molecule has 0 aliphatic rings. The Morgan fingerprint density at radius 3 is 2.94 bits per heavy atom. The third-order valence-electron chi connectivity index (χ3n) is 2.25. The summed E-state index contributed by atoms with van der Waals surface area (Å²) in [6.45, 7) is 4.97. The van der Waals surface area contributed by atoms with Gasteiger partial charge < -0.3 is 5.32 Å². The lowest BCUT2D eigenvalue weighted by molar-refractivity contribution is 0.584. The number of nitrogens with one attached hydrogen (secondary N) is 1.